The Labute approximate surface area is 221 Å². The van der Waals surface area contributed by atoms with Crippen LogP contribution in [0, 0.1) is 0 Å². The molecule has 0 aliphatic heterocycles. The average molecular weight is 518 g/mol. The molecule has 3 rings (SSSR count). The normalized spacial score (nSPS) is 11.0. The summed E-state index contributed by atoms with van der Waals surface area (Å²) in [4.78, 5) is 36.7. The molecular formula is C28H31N5O5. The Hall–Kier alpha value is -4.86. The smallest absolute Gasteiger partial charge is 0.325 e. The Balaban J connectivity index is 1.78. The minimum Gasteiger partial charge on any atom is -0.495 e. The van der Waals surface area contributed by atoms with Crippen molar-refractivity contribution in [2.24, 2.45) is 0 Å². The van der Waals surface area contributed by atoms with Gasteiger partial charge < -0.3 is 25.8 Å². The maximum atomic E-state index is 13.0. The van der Waals surface area contributed by atoms with Crippen molar-refractivity contribution < 1.29 is 23.9 Å². The summed E-state index contributed by atoms with van der Waals surface area (Å²) in [6.45, 7) is 7.48. The lowest BCUT2D eigenvalue weighted by Crippen LogP contribution is -2.30. The fourth-order valence-electron chi connectivity index (χ4n) is 3.63. The van der Waals surface area contributed by atoms with Gasteiger partial charge in [-0.1, -0.05) is 25.6 Å². The van der Waals surface area contributed by atoms with E-state index >= 15 is 0 Å². The lowest BCUT2D eigenvalue weighted by Gasteiger charge is -2.13. The predicted octanol–water partition coefficient (Wildman–Crippen LogP) is 3.66. The molecule has 0 saturated heterocycles. The highest BCUT2D eigenvalue weighted by atomic mass is 16.5. The van der Waals surface area contributed by atoms with Crippen LogP contribution in [0.25, 0.3) is 5.70 Å². The van der Waals surface area contributed by atoms with E-state index in [2.05, 4.69) is 22.3 Å². The zero-order valence-corrected chi connectivity index (χ0v) is 21.6. The van der Waals surface area contributed by atoms with Crippen LogP contribution in [-0.4, -0.2) is 47.8 Å². The number of methoxy groups -OCH3 is 1. The second kappa shape index (κ2) is 12.9. The second-order valence-electron chi connectivity index (χ2n) is 8.05. The van der Waals surface area contributed by atoms with Crippen LogP contribution in [0.15, 0.2) is 67.3 Å². The third-order valence-corrected chi connectivity index (χ3v) is 5.51. The SMILES string of the molecule is C=C/C=C(/c1ccc(N)c(OC)c1)n1nc(C(=O)Nc2ccc(C(=O)NCC(=O)OCC)cc2)cc1CC. The number of aryl methyl sites for hydroxylation is 1. The Kier molecular flexibility index (Phi) is 9.42. The van der Waals surface area contributed by atoms with E-state index in [0.29, 0.717) is 34.8 Å². The van der Waals surface area contributed by atoms with Crippen molar-refractivity contribution in [3.63, 3.8) is 0 Å². The number of anilines is 2. The molecule has 0 aliphatic rings. The third kappa shape index (κ3) is 6.67. The molecule has 198 valence electrons. The molecule has 38 heavy (non-hydrogen) atoms. The molecule has 2 aromatic carbocycles. The first kappa shape index (κ1) is 27.7. The quantitative estimate of drug-likeness (QED) is 0.200. The number of aromatic nitrogens is 2. The lowest BCUT2D eigenvalue weighted by molar-refractivity contribution is -0.141. The maximum Gasteiger partial charge on any atom is 0.325 e. The first-order valence-corrected chi connectivity index (χ1v) is 12.0. The number of hydrogen-bond acceptors (Lipinski definition) is 7. The fourth-order valence-corrected chi connectivity index (χ4v) is 3.63. The number of nitrogens with two attached hydrogens (primary N) is 1. The van der Waals surface area contributed by atoms with Gasteiger partial charge in [-0.3, -0.25) is 14.4 Å². The van der Waals surface area contributed by atoms with Gasteiger partial charge in [0.1, 0.15) is 12.3 Å². The number of carbonyl (C=O) groups excluding carboxylic acids is 3. The molecule has 4 N–H and O–H groups in total. The molecule has 0 atom stereocenters. The Morgan fingerprint density at radius 1 is 1.05 bits per heavy atom. The molecule has 0 saturated carbocycles. The molecule has 0 aliphatic carbocycles. The van der Waals surface area contributed by atoms with Crippen molar-refractivity contribution in [2.45, 2.75) is 20.3 Å². The van der Waals surface area contributed by atoms with Crippen molar-refractivity contribution in [2.75, 3.05) is 31.3 Å². The number of esters is 1. The fraction of sp³-hybridized carbons (Fsp3) is 0.214. The minimum atomic E-state index is -0.516. The standard InChI is InChI=1S/C28H31N5O5/c1-5-8-24(19-11-14-22(29)25(15-19)37-4)33-21(6-2)16-23(32-33)28(36)31-20-12-9-18(10-13-20)27(35)30-17-26(34)38-7-3/h5,8-16H,1,6-7,17,29H2,2-4H3,(H,30,35)(H,31,36)/b24-8-. The monoisotopic (exact) mass is 517 g/mol. The summed E-state index contributed by atoms with van der Waals surface area (Å²) in [5.41, 5.74) is 9.82. The summed E-state index contributed by atoms with van der Waals surface area (Å²) in [6, 6.07) is 13.4. The summed E-state index contributed by atoms with van der Waals surface area (Å²) in [5.74, 6) is -0.829. The van der Waals surface area contributed by atoms with Gasteiger partial charge in [-0.2, -0.15) is 5.10 Å². The minimum absolute atomic E-state index is 0.218. The summed E-state index contributed by atoms with van der Waals surface area (Å²) in [5, 5.41) is 9.85. The van der Waals surface area contributed by atoms with Crippen molar-refractivity contribution in [3.8, 4) is 5.75 Å². The number of allylic oxidation sites excluding steroid dienone is 2. The van der Waals surface area contributed by atoms with Gasteiger partial charge in [0.05, 0.1) is 25.1 Å². The molecule has 10 nitrogen and oxygen atoms in total. The Morgan fingerprint density at radius 3 is 2.39 bits per heavy atom. The van der Waals surface area contributed by atoms with Gasteiger partial charge in [0, 0.05) is 22.5 Å². The molecule has 0 fully saturated rings. The van der Waals surface area contributed by atoms with Crippen LogP contribution in [-0.2, 0) is 16.0 Å². The number of ether oxygens (including phenoxy) is 2. The molecule has 2 amide bonds. The first-order valence-electron chi connectivity index (χ1n) is 12.0. The second-order valence-corrected chi connectivity index (χ2v) is 8.05. The summed E-state index contributed by atoms with van der Waals surface area (Å²) < 4.78 is 11.8. The average Bonchev–Trinajstić information content (AvgIpc) is 3.36. The van der Waals surface area contributed by atoms with Crippen LogP contribution in [0.5, 0.6) is 5.75 Å². The molecule has 10 heteroatoms. The number of rotatable bonds is 11. The molecule has 0 radical (unpaired) electrons. The van der Waals surface area contributed by atoms with Crippen molar-refractivity contribution in [1.82, 2.24) is 15.1 Å². The zero-order valence-electron chi connectivity index (χ0n) is 21.6. The van der Waals surface area contributed by atoms with Gasteiger partial charge in [0.15, 0.2) is 5.69 Å². The van der Waals surface area contributed by atoms with Crippen LogP contribution >= 0.6 is 0 Å². The zero-order chi connectivity index (χ0) is 27.7. The van der Waals surface area contributed by atoms with Gasteiger partial charge >= 0.3 is 5.97 Å². The number of carbonyl (C=O) groups is 3. The first-order chi connectivity index (χ1) is 18.3. The van der Waals surface area contributed by atoms with Crippen molar-refractivity contribution in [1.29, 1.82) is 0 Å². The van der Waals surface area contributed by atoms with Gasteiger partial charge in [0.25, 0.3) is 11.8 Å². The lowest BCUT2D eigenvalue weighted by atomic mass is 10.1. The highest BCUT2D eigenvalue weighted by Gasteiger charge is 2.18. The predicted molar refractivity (Wildman–Crippen MR) is 146 cm³/mol. The van der Waals surface area contributed by atoms with E-state index in [4.69, 9.17) is 15.2 Å². The number of hydrogen-bond donors (Lipinski definition) is 3. The molecular weight excluding hydrogens is 486 g/mol. The summed E-state index contributed by atoms with van der Waals surface area (Å²) in [6.07, 6.45) is 4.06. The Morgan fingerprint density at radius 2 is 1.76 bits per heavy atom. The van der Waals surface area contributed by atoms with Crippen LogP contribution in [0.3, 0.4) is 0 Å². The van der Waals surface area contributed by atoms with E-state index in [0.717, 1.165) is 11.3 Å². The van der Waals surface area contributed by atoms with E-state index in [1.807, 2.05) is 13.0 Å². The molecule has 1 heterocycles. The molecule has 0 unspecified atom stereocenters. The van der Waals surface area contributed by atoms with Crippen molar-refractivity contribution in [3.05, 3.63) is 89.8 Å². The molecule has 0 spiro atoms. The number of amides is 2. The van der Waals surface area contributed by atoms with Crippen LogP contribution < -0.4 is 21.1 Å². The molecule has 3 aromatic rings. The van der Waals surface area contributed by atoms with E-state index in [1.54, 1.807) is 73.3 Å². The third-order valence-electron chi connectivity index (χ3n) is 5.51. The number of nitrogens with zero attached hydrogens (tertiary/aromatic N) is 2. The number of nitrogens with one attached hydrogen (secondary N) is 2. The van der Waals surface area contributed by atoms with Crippen LogP contribution in [0.4, 0.5) is 11.4 Å². The van der Waals surface area contributed by atoms with Gasteiger partial charge in [-0.05, 0) is 61.9 Å². The molecule has 0 bridgehead atoms. The summed E-state index contributed by atoms with van der Waals surface area (Å²) >= 11 is 0. The van der Waals surface area contributed by atoms with E-state index < -0.39 is 17.8 Å². The van der Waals surface area contributed by atoms with Crippen LogP contribution in [0.1, 0.15) is 46.0 Å². The molecule has 1 aromatic heterocycles. The largest absolute Gasteiger partial charge is 0.495 e. The highest BCUT2D eigenvalue weighted by Crippen LogP contribution is 2.28. The number of benzene rings is 2. The van der Waals surface area contributed by atoms with E-state index in [1.165, 1.54) is 0 Å². The van der Waals surface area contributed by atoms with E-state index in [-0.39, 0.29) is 18.8 Å². The summed E-state index contributed by atoms with van der Waals surface area (Å²) in [7, 11) is 1.54. The van der Waals surface area contributed by atoms with Gasteiger partial charge in [-0.25, -0.2) is 4.68 Å². The van der Waals surface area contributed by atoms with Gasteiger partial charge in [-0.15, -0.1) is 0 Å². The van der Waals surface area contributed by atoms with E-state index in [9.17, 15) is 14.4 Å². The Bertz CT molecular complexity index is 1360. The number of nitrogen functional groups attached to an aromatic ring is 1. The van der Waals surface area contributed by atoms with Crippen LogP contribution in [0.2, 0.25) is 0 Å². The van der Waals surface area contributed by atoms with Crippen molar-refractivity contribution >= 4 is 34.9 Å². The van der Waals surface area contributed by atoms with Gasteiger partial charge in [0.2, 0.25) is 0 Å². The highest BCUT2D eigenvalue weighted by molar-refractivity contribution is 6.03. The maximum absolute atomic E-state index is 13.0. The topological polar surface area (TPSA) is 138 Å².